The van der Waals surface area contributed by atoms with Crippen LogP contribution in [-0.4, -0.2) is 42.2 Å². The fourth-order valence-corrected chi connectivity index (χ4v) is 3.70. The SMILES string of the molecule is Cc1c(N2CCN(Cc3ccccc3F)CC2)ccc2oc(C(=O)O)cc12. The van der Waals surface area contributed by atoms with Crippen LogP contribution < -0.4 is 4.90 Å². The van der Waals surface area contributed by atoms with E-state index in [4.69, 9.17) is 9.52 Å². The van der Waals surface area contributed by atoms with E-state index in [1.54, 1.807) is 12.1 Å². The molecule has 0 radical (unpaired) electrons. The van der Waals surface area contributed by atoms with Crippen LogP contribution in [0.1, 0.15) is 21.7 Å². The van der Waals surface area contributed by atoms with E-state index in [2.05, 4.69) is 9.80 Å². The van der Waals surface area contributed by atoms with Crippen LogP contribution in [0.15, 0.2) is 46.9 Å². The first-order valence-corrected chi connectivity index (χ1v) is 9.00. The zero-order valence-corrected chi connectivity index (χ0v) is 15.1. The standard InChI is InChI=1S/C21H21FN2O3/c1-14-16-12-20(21(25)26)27-19(16)7-6-18(14)24-10-8-23(9-11-24)13-15-4-2-3-5-17(15)22/h2-7,12H,8-11,13H2,1H3,(H,25,26). The predicted octanol–water partition coefficient (Wildman–Crippen LogP) is 3.90. The first-order valence-electron chi connectivity index (χ1n) is 9.00. The Labute approximate surface area is 156 Å². The molecule has 1 aliphatic heterocycles. The number of aromatic carboxylic acids is 1. The summed E-state index contributed by atoms with van der Waals surface area (Å²) in [7, 11) is 0. The topological polar surface area (TPSA) is 56.9 Å². The van der Waals surface area contributed by atoms with E-state index < -0.39 is 5.97 Å². The minimum Gasteiger partial charge on any atom is -0.475 e. The zero-order valence-electron chi connectivity index (χ0n) is 15.1. The van der Waals surface area contributed by atoms with Crippen molar-refractivity contribution in [1.29, 1.82) is 0 Å². The molecule has 5 nitrogen and oxygen atoms in total. The third kappa shape index (κ3) is 3.40. The molecule has 0 saturated carbocycles. The molecule has 1 saturated heterocycles. The highest BCUT2D eigenvalue weighted by atomic mass is 19.1. The highest BCUT2D eigenvalue weighted by Crippen LogP contribution is 2.31. The number of furan rings is 1. The van der Waals surface area contributed by atoms with Gasteiger partial charge in [-0.15, -0.1) is 0 Å². The maximum Gasteiger partial charge on any atom is 0.371 e. The average molecular weight is 368 g/mol. The Morgan fingerprint density at radius 1 is 1.15 bits per heavy atom. The molecule has 0 spiro atoms. The second kappa shape index (κ2) is 7.04. The lowest BCUT2D eigenvalue weighted by Gasteiger charge is -2.37. The van der Waals surface area contributed by atoms with Crippen LogP contribution in [0.25, 0.3) is 11.0 Å². The second-order valence-electron chi connectivity index (χ2n) is 6.89. The van der Waals surface area contributed by atoms with Crippen molar-refractivity contribution in [3.8, 4) is 0 Å². The van der Waals surface area contributed by atoms with Gasteiger partial charge in [0.1, 0.15) is 11.4 Å². The smallest absolute Gasteiger partial charge is 0.371 e. The monoisotopic (exact) mass is 368 g/mol. The fourth-order valence-electron chi connectivity index (χ4n) is 3.70. The van der Waals surface area contributed by atoms with Gasteiger partial charge in [-0.25, -0.2) is 9.18 Å². The minimum absolute atomic E-state index is 0.0417. The van der Waals surface area contributed by atoms with E-state index in [1.807, 2.05) is 31.2 Å². The molecule has 0 amide bonds. The van der Waals surface area contributed by atoms with E-state index >= 15 is 0 Å². The van der Waals surface area contributed by atoms with Crippen molar-refractivity contribution in [1.82, 2.24) is 4.90 Å². The van der Waals surface area contributed by atoms with Crippen LogP contribution in [0.5, 0.6) is 0 Å². The molecule has 2 heterocycles. The molecule has 140 valence electrons. The molecular formula is C21H21FN2O3. The van der Waals surface area contributed by atoms with Crippen molar-refractivity contribution >= 4 is 22.6 Å². The molecule has 1 fully saturated rings. The summed E-state index contributed by atoms with van der Waals surface area (Å²) in [4.78, 5) is 15.7. The first-order chi connectivity index (χ1) is 13.0. The molecule has 0 unspecified atom stereocenters. The molecular weight excluding hydrogens is 347 g/mol. The van der Waals surface area contributed by atoms with Gasteiger partial charge in [-0.3, -0.25) is 4.90 Å². The number of carboxylic acids is 1. The number of halogens is 1. The van der Waals surface area contributed by atoms with Gasteiger partial charge in [0.25, 0.3) is 0 Å². The Kier molecular flexibility index (Phi) is 4.58. The summed E-state index contributed by atoms with van der Waals surface area (Å²) in [6.45, 7) is 5.97. The third-order valence-corrected chi connectivity index (χ3v) is 5.22. The van der Waals surface area contributed by atoms with Gasteiger partial charge in [0.05, 0.1) is 0 Å². The lowest BCUT2D eigenvalue weighted by atomic mass is 10.1. The maximum atomic E-state index is 13.9. The average Bonchev–Trinajstić information content (AvgIpc) is 3.11. The molecule has 0 bridgehead atoms. The molecule has 1 N–H and O–H groups in total. The van der Waals surface area contributed by atoms with Gasteiger partial charge in [-0.05, 0) is 36.8 Å². The third-order valence-electron chi connectivity index (χ3n) is 5.22. The number of carboxylic acid groups (broad SMARTS) is 1. The van der Waals surface area contributed by atoms with E-state index in [0.717, 1.165) is 48.4 Å². The van der Waals surface area contributed by atoms with Crippen LogP contribution in [0.4, 0.5) is 10.1 Å². The van der Waals surface area contributed by atoms with E-state index in [9.17, 15) is 9.18 Å². The van der Waals surface area contributed by atoms with Crippen molar-refractivity contribution in [2.75, 3.05) is 31.1 Å². The molecule has 0 atom stereocenters. The molecule has 6 heteroatoms. The Balaban J connectivity index is 1.48. The highest BCUT2D eigenvalue weighted by molar-refractivity contribution is 5.94. The van der Waals surface area contributed by atoms with Gasteiger partial charge >= 0.3 is 5.97 Å². The highest BCUT2D eigenvalue weighted by Gasteiger charge is 2.21. The van der Waals surface area contributed by atoms with E-state index in [-0.39, 0.29) is 11.6 Å². The number of benzene rings is 2. The second-order valence-corrected chi connectivity index (χ2v) is 6.89. The molecule has 1 aromatic heterocycles. The van der Waals surface area contributed by atoms with E-state index in [0.29, 0.717) is 12.1 Å². The Morgan fingerprint density at radius 2 is 1.89 bits per heavy atom. The summed E-state index contributed by atoms with van der Waals surface area (Å²) >= 11 is 0. The summed E-state index contributed by atoms with van der Waals surface area (Å²) in [6.07, 6.45) is 0. The van der Waals surface area contributed by atoms with Crippen LogP contribution in [0.3, 0.4) is 0 Å². The molecule has 1 aliphatic rings. The minimum atomic E-state index is -1.06. The zero-order chi connectivity index (χ0) is 19.0. The lowest BCUT2D eigenvalue weighted by molar-refractivity contribution is 0.0665. The summed E-state index contributed by atoms with van der Waals surface area (Å²) in [5.41, 5.74) is 3.42. The number of nitrogens with zero attached hydrogens (tertiary/aromatic N) is 2. The molecule has 0 aliphatic carbocycles. The van der Waals surface area contributed by atoms with Gasteiger partial charge in [-0.2, -0.15) is 0 Å². The van der Waals surface area contributed by atoms with Gasteiger partial charge < -0.3 is 14.4 Å². The van der Waals surface area contributed by atoms with Crippen LogP contribution in [-0.2, 0) is 6.54 Å². The van der Waals surface area contributed by atoms with Crippen molar-refractivity contribution < 1.29 is 18.7 Å². The van der Waals surface area contributed by atoms with E-state index in [1.165, 1.54) is 6.07 Å². The number of piperazine rings is 1. The van der Waals surface area contributed by atoms with Gasteiger partial charge in [-0.1, -0.05) is 18.2 Å². The van der Waals surface area contributed by atoms with Crippen LogP contribution in [0.2, 0.25) is 0 Å². The molecule has 3 aromatic rings. The number of aryl methyl sites for hydroxylation is 1. The molecule has 4 rings (SSSR count). The first kappa shape index (κ1) is 17.5. The maximum absolute atomic E-state index is 13.9. The van der Waals surface area contributed by atoms with Crippen molar-refractivity contribution in [2.24, 2.45) is 0 Å². The molecule has 2 aromatic carbocycles. The van der Waals surface area contributed by atoms with Gasteiger partial charge in [0, 0.05) is 49.4 Å². The summed E-state index contributed by atoms with van der Waals surface area (Å²) < 4.78 is 19.2. The van der Waals surface area contributed by atoms with Crippen LogP contribution >= 0.6 is 0 Å². The van der Waals surface area contributed by atoms with Gasteiger partial charge in [0.15, 0.2) is 0 Å². The van der Waals surface area contributed by atoms with Crippen molar-refractivity contribution in [3.63, 3.8) is 0 Å². The Morgan fingerprint density at radius 3 is 2.59 bits per heavy atom. The quantitative estimate of drug-likeness (QED) is 0.757. The predicted molar refractivity (Wildman–Crippen MR) is 102 cm³/mol. The lowest BCUT2D eigenvalue weighted by Crippen LogP contribution is -2.46. The fraction of sp³-hybridized carbons (Fsp3) is 0.286. The number of fused-ring (bicyclic) bond motifs is 1. The number of hydrogen-bond donors (Lipinski definition) is 1. The summed E-state index contributed by atoms with van der Waals surface area (Å²) in [5, 5.41) is 9.96. The normalized spacial score (nSPS) is 15.4. The number of carbonyl (C=O) groups is 1. The number of hydrogen-bond acceptors (Lipinski definition) is 4. The van der Waals surface area contributed by atoms with Crippen molar-refractivity contribution in [2.45, 2.75) is 13.5 Å². The van der Waals surface area contributed by atoms with Gasteiger partial charge in [0.2, 0.25) is 5.76 Å². The Hall–Kier alpha value is -2.86. The number of rotatable bonds is 4. The summed E-state index contributed by atoms with van der Waals surface area (Å²) in [5.74, 6) is -1.26. The van der Waals surface area contributed by atoms with Crippen LogP contribution in [0, 0.1) is 12.7 Å². The molecule has 27 heavy (non-hydrogen) atoms. The number of anilines is 1. The Bertz CT molecular complexity index is 990. The summed E-state index contributed by atoms with van der Waals surface area (Å²) in [6, 6.07) is 12.3. The largest absolute Gasteiger partial charge is 0.475 e. The van der Waals surface area contributed by atoms with Crippen molar-refractivity contribution in [3.05, 3.63) is 65.2 Å².